The van der Waals surface area contributed by atoms with Gasteiger partial charge in [-0.05, 0) is 6.92 Å². The lowest BCUT2D eigenvalue weighted by molar-refractivity contribution is 0.469. The predicted molar refractivity (Wildman–Crippen MR) is 73.7 cm³/mol. The summed E-state index contributed by atoms with van der Waals surface area (Å²) in [5, 5.41) is 8.00. The summed E-state index contributed by atoms with van der Waals surface area (Å²) in [6.07, 6.45) is 3.52. The molecule has 0 spiro atoms. The Hall–Kier alpha value is -2.47. The van der Waals surface area contributed by atoms with E-state index in [0.29, 0.717) is 12.4 Å². The number of nitrogens with two attached hydrogens (primary N) is 1. The Morgan fingerprint density at radius 1 is 1.30 bits per heavy atom. The molecule has 1 aromatic carbocycles. The van der Waals surface area contributed by atoms with Crippen LogP contribution in [0.2, 0.25) is 0 Å². The topological polar surface area (TPSA) is 82.8 Å². The van der Waals surface area contributed by atoms with Gasteiger partial charge in [0.25, 0.3) is 0 Å². The number of hydrogen-bond acceptors (Lipinski definition) is 5. The van der Waals surface area contributed by atoms with Crippen molar-refractivity contribution < 1.29 is 4.42 Å². The smallest absolute Gasteiger partial charge is 0.216 e. The van der Waals surface area contributed by atoms with Gasteiger partial charge in [0.2, 0.25) is 5.89 Å². The Morgan fingerprint density at radius 2 is 2.10 bits per heavy atom. The highest BCUT2D eigenvalue weighted by Gasteiger charge is 2.09. The van der Waals surface area contributed by atoms with Crippen molar-refractivity contribution in [2.24, 2.45) is 5.73 Å². The minimum Gasteiger partial charge on any atom is -0.439 e. The van der Waals surface area contributed by atoms with E-state index in [1.807, 2.05) is 37.3 Å². The third-order valence-corrected chi connectivity index (χ3v) is 2.93. The van der Waals surface area contributed by atoms with Crippen molar-refractivity contribution in [3.05, 3.63) is 54.3 Å². The SMILES string of the molecule is CC(N)c1cn(Cc2ncc(-c3ccccc3)o2)nn1. The van der Waals surface area contributed by atoms with Crippen LogP contribution in [-0.4, -0.2) is 20.0 Å². The largest absolute Gasteiger partial charge is 0.439 e. The molecule has 3 aromatic rings. The maximum Gasteiger partial charge on any atom is 0.216 e. The van der Waals surface area contributed by atoms with Crippen molar-refractivity contribution >= 4 is 0 Å². The van der Waals surface area contributed by atoms with Gasteiger partial charge in [-0.3, -0.25) is 0 Å². The van der Waals surface area contributed by atoms with Gasteiger partial charge < -0.3 is 10.2 Å². The highest BCUT2D eigenvalue weighted by Crippen LogP contribution is 2.20. The molecule has 20 heavy (non-hydrogen) atoms. The van der Waals surface area contributed by atoms with Crippen LogP contribution < -0.4 is 5.73 Å². The number of benzene rings is 1. The Balaban J connectivity index is 1.77. The molecule has 2 N–H and O–H groups in total. The highest BCUT2D eigenvalue weighted by atomic mass is 16.4. The van der Waals surface area contributed by atoms with Gasteiger partial charge in [0, 0.05) is 11.6 Å². The van der Waals surface area contributed by atoms with Crippen LogP contribution in [-0.2, 0) is 6.54 Å². The van der Waals surface area contributed by atoms with Crippen molar-refractivity contribution in [3.63, 3.8) is 0 Å². The van der Waals surface area contributed by atoms with Crippen LogP contribution in [0.4, 0.5) is 0 Å². The molecule has 0 radical (unpaired) electrons. The maximum absolute atomic E-state index is 5.75. The lowest BCUT2D eigenvalue weighted by atomic mass is 10.2. The lowest BCUT2D eigenvalue weighted by Gasteiger charge is -1.97. The molecule has 0 saturated carbocycles. The van der Waals surface area contributed by atoms with Gasteiger partial charge in [0.1, 0.15) is 6.54 Å². The van der Waals surface area contributed by atoms with Crippen LogP contribution in [0.3, 0.4) is 0 Å². The molecule has 0 fully saturated rings. The van der Waals surface area contributed by atoms with E-state index in [4.69, 9.17) is 10.2 Å². The summed E-state index contributed by atoms with van der Waals surface area (Å²) in [5.41, 5.74) is 7.50. The van der Waals surface area contributed by atoms with Crippen molar-refractivity contribution in [3.8, 4) is 11.3 Å². The van der Waals surface area contributed by atoms with Crippen molar-refractivity contribution in [2.45, 2.75) is 19.5 Å². The van der Waals surface area contributed by atoms with Gasteiger partial charge in [0.15, 0.2) is 5.76 Å². The summed E-state index contributed by atoms with van der Waals surface area (Å²) in [7, 11) is 0. The Labute approximate surface area is 116 Å². The molecular formula is C14H15N5O. The van der Waals surface area contributed by atoms with E-state index in [-0.39, 0.29) is 6.04 Å². The molecule has 0 bridgehead atoms. The van der Waals surface area contributed by atoms with Crippen LogP contribution >= 0.6 is 0 Å². The van der Waals surface area contributed by atoms with Gasteiger partial charge in [-0.25, -0.2) is 9.67 Å². The van der Waals surface area contributed by atoms with Crippen molar-refractivity contribution in [1.29, 1.82) is 0 Å². The molecule has 2 aromatic heterocycles. The van der Waals surface area contributed by atoms with E-state index in [2.05, 4.69) is 15.3 Å². The zero-order chi connectivity index (χ0) is 13.9. The predicted octanol–water partition coefficient (Wildman–Crippen LogP) is 2.00. The van der Waals surface area contributed by atoms with Gasteiger partial charge in [-0.1, -0.05) is 35.5 Å². The van der Waals surface area contributed by atoms with Crippen LogP contribution in [0.15, 0.2) is 47.1 Å². The fraction of sp³-hybridized carbons (Fsp3) is 0.214. The summed E-state index contributed by atoms with van der Waals surface area (Å²) < 4.78 is 7.38. The minimum absolute atomic E-state index is 0.131. The second-order valence-electron chi connectivity index (χ2n) is 4.61. The van der Waals surface area contributed by atoms with Gasteiger partial charge in [-0.15, -0.1) is 5.10 Å². The van der Waals surface area contributed by atoms with E-state index in [0.717, 1.165) is 17.0 Å². The standard InChI is InChI=1S/C14H15N5O/c1-10(15)12-8-19(18-17-12)9-14-16-7-13(20-14)11-5-3-2-4-6-11/h2-8,10H,9,15H2,1H3. The molecule has 3 rings (SSSR count). The number of aromatic nitrogens is 4. The molecule has 0 amide bonds. The first-order valence-corrected chi connectivity index (χ1v) is 6.38. The summed E-state index contributed by atoms with van der Waals surface area (Å²) in [4.78, 5) is 4.26. The molecule has 0 aliphatic carbocycles. The van der Waals surface area contributed by atoms with E-state index in [1.165, 1.54) is 0 Å². The monoisotopic (exact) mass is 269 g/mol. The average molecular weight is 269 g/mol. The van der Waals surface area contributed by atoms with E-state index >= 15 is 0 Å². The number of oxazole rings is 1. The molecule has 1 unspecified atom stereocenters. The summed E-state index contributed by atoms with van der Waals surface area (Å²) in [6, 6.07) is 9.72. The van der Waals surface area contributed by atoms with E-state index in [1.54, 1.807) is 17.1 Å². The molecule has 1 atom stereocenters. The zero-order valence-electron chi connectivity index (χ0n) is 11.1. The molecule has 0 saturated heterocycles. The fourth-order valence-electron chi connectivity index (χ4n) is 1.86. The van der Waals surface area contributed by atoms with E-state index in [9.17, 15) is 0 Å². The molecule has 6 heteroatoms. The van der Waals surface area contributed by atoms with Crippen LogP contribution in [0.5, 0.6) is 0 Å². The van der Waals surface area contributed by atoms with Crippen LogP contribution in [0, 0.1) is 0 Å². The molecule has 6 nitrogen and oxygen atoms in total. The van der Waals surface area contributed by atoms with E-state index < -0.39 is 0 Å². The Bertz CT molecular complexity index is 686. The molecule has 102 valence electrons. The lowest BCUT2D eigenvalue weighted by Crippen LogP contribution is -2.05. The third kappa shape index (κ3) is 2.60. The first-order chi connectivity index (χ1) is 9.72. The Kier molecular flexibility index (Phi) is 3.30. The molecule has 0 aliphatic heterocycles. The Morgan fingerprint density at radius 3 is 2.80 bits per heavy atom. The first kappa shape index (κ1) is 12.6. The normalized spacial score (nSPS) is 12.5. The quantitative estimate of drug-likeness (QED) is 0.783. The number of rotatable bonds is 4. The average Bonchev–Trinajstić information content (AvgIpc) is 3.10. The number of hydrogen-bond donors (Lipinski definition) is 1. The molecule has 2 heterocycles. The fourth-order valence-corrected chi connectivity index (χ4v) is 1.86. The molecular weight excluding hydrogens is 254 g/mol. The summed E-state index contributed by atoms with van der Waals surface area (Å²) in [5.74, 6) is 1.33. The first-order valence-electron chi connectivity index (χ1n) is 6.38. The van der Waals surface area contributed by atoms with Crippen LogP contribution in [0.25, 0.3) is 11.3 Å². The second kappa shape index (κ2) is 5.26. The second-order valence-corrected chi connectivity index (χ2v) is 4.61. The maximum atomic E-state index is 5.75. The zero-order valence-corrected chi connectivity index (χ0v) is 11.1. The highest BCUT2D eigenvalue weighted by molar-refractivity contribution is 5.55. The van der Waals surface area contributed by atoms with Crippen LogP contribution in [0.1, 0.15) is 24.6 Å². The third-order valence-electron chi connectivity index (χ3n) is 2.93. The van der Waals surface area contributed by atoms with Gasteiger partial charge in [-0.2, -0.15) is 0 Å². The van der Waals surface area contributed by atoms with Crippen molar-refractivity contribution in [1.82, 2.24) is 20.0 Å². The van der Waals surface area contributed by atoms with Crippen molar-refractivity contribution in [2.75, 3.05) is 0 Å². The molecule has 0 aliphatic rings. The number of nitrogens with zero attached hydrogens (tertiary/aromatic N) is 4. The minimum atomic E-state index is -0.131. The summed E-state index contributed by atoms with van der Waals surface area (Å²) in [6.45, 7) is 2.31. The van der Waals surface area contributed by atoms with Gasteiger partial charge >= 0.3 is 0 Å². The van der Waals surface area contributed by atoms with Gasteiger partial charge in [0.05, 0.1) is 18.1 Å². The summed E-state index contributed by atoms with van der Waals surface area (Å²) >= 11 is 0.